The zero-order valence-electron chi connectivity index (χ0n) is 42.8. The number of guanidine groups is 1. The van der Waals surface area contributed by atoms with Crippen LogP contribution in [-0.2, 0) is 64.0 Å². The molecule has 414 valence electrons. The molecule has 77 heavy (non-hydrogen) atoms. The second-order valence-electron chi connectivity index (χ2n) is 18.8. The van der Waals surface area contributed by atoms with Crippen LogP contribution in [0.15, 0.2) is 104 Å². The number of hydrogen-bond donors (Lipinski definition) is 14. The third-order valence-electron chi connectivity index (χ3n) is 12.9. The summed E-state index contributed by atoms with van der Waals surface area (Å²) < 4.78 is 0. The van der Waals surface area contributed by atoms with Crippen LogP contribution in [0, 0.1) is 5.41 Å². The summed E-state index contributed by atoms with van der Waals surface area (Å²) >= 11 is 0. The van der Waals surface area contributed by atoms with Gasteiger partial charge >= 0.3 is 5.97 Å². The molecule has 24 heteroatoms. The first kappa shape index (κ1) is 59.7. The zero-order valence-corrected chi connectivity index (χ0v) is 42.8. The summed E-state index contributed by atoms with van der Waals surface area (Å²) in [4.78, 5) is 119. The topological polar surface area (TPSA) is 395 Å². The Labute approximate surface area is 446 Å². The molecule has 1 aliphatic heterocycles. The third kappa shape index (κ3) is 19.5. The number of nitrogens with one attached hydrogen (secondary N) is 9. The molecular weight excluding hydrogens is 993 g/mol. The average Bonchev–Trinajstić information content (AvgIpc) is 4.14. The lowest BCUT2D eigenvalue weighted by Gasteiger charge is -2.31. The second kappa shape index (κ2) is 31.0. The molecule has 3 aromatic carbocycles. The van der Waals surface area contributed by atoms with Crippen molar-refractivity contribution in [2.24, 2.45) is 17.2 Å². The predicted octanol–water partition coefficient (Wildman–Crippen LogP) is -1.62. The average molecular weight is 1070 g/mol. The molecule has 7 amide bonds. The van der Waals surface area contributed by atoms with Gasteiger partial charge in [-0.15, -0.1) is 0 Å². The Hall–Kier alpha value is -8.22. The Bertz CT molecular complexity index is 2560. The SMILES string of the molecule is N=C(N)NCCC[C@H](NC(=O)[C@H](CO)NC(=O)[C@H](CCCCN)NC(=O)[C@@H]1CCCN1C(=O)[C@H](Cc1ccccc1)NC(=O)[C@H](Cc1ccccc1)NC(=O)[C@H](Cc1ccccc1)NC(=O)[C@@H](N)Cc1c[nH]cn1)C(=O)O. The van der Waals surface area contributed by atoms with Crippen LogP contribution in [0.1, 0.15) is 67.3 Å². The molecule has 24 nitrogen and oxygen atoms in total. The number of aliphatic hydroxyl groups excluding tert-OH is 1. The number of H-pyrrole nitrogens is 1. The van der Waals surface area contributed by atoms with E-state index >= 15 is 0 Å². The number of carbonyl (C=O) groups excluding carboxylic acids is 7. The second-order valence-corrected chi connectivity index (χ2v) is 18.8. The summed E-state index contributed by atoms with van der Waals surface area (Å²) in [6.45, 7) is -0.380. The third-order valence-corrected chi connectivity index (χ3v) is 12.9. The number of carboxylic acids is 1. The van der Waals surface area contributed by atoms with Crippen molar-refractivity contribution in [2.75, 3.05) is 26.2 Å². The summed E-state index contributed by atoms with van der Waals surface area (Å²) in [5, 5.41) is 45.7. The zero-order chi connectivity index (χ0) is 55.7. The van der Waals surface area contributed by atoms with Crippen LogP contribution in [0.2, 0.25) is 0 Å². The van der Waals surface area contributed by atoms with Crippen molar-refractivity contribution in [2.45, 2.75) is 119 Å². The number of likely N-dealkylation sites (tertiary alicyclic amines) is 1. The van der Waals surface area contributed by atoms with Crippen LogP contribution in [-0.4, -0.2) is 153 Å². The van der Waals surface area contributed by atoms with E-state index in [1.165, 1.54) is 11.2 Å². The Kier molecular flexibility index (Phi) is 24.0. The van der Waals surface area contributed by atoms with Gasteiger partial charge in [0.2, 0.25) is 41.4 Å². The first-order valence-electron chi connectivity index (χ1n) is 25.7. The van der Waals surface area contributed by atoms with Gasteiger partial charge < -0.3 is 74.5 Å². The van der Waals surface area contributed by atoms with Gasteiger partial charge in [-0.05, 0) is 68.2 Å². The smallest absolute Gasteiger partial charge is 0.326 e. The molecule has 17 N–H and O–H groups in total. The quantitative estimate of drug-likeness (QED) is 0.0153. The summed E-state index contributed by atoms with van der Waals surface area (Å²) in [6, 6.07) is 16.5. The predicted molar refractivity (Wildman–Crippen MR) is 284 cm³/mol. The number of benzene rings is 3. The number of aromatic amines is 1. The maximum Gasteiger partial charge on any atom is 0.326 e. The van der Waals surface area contributed by atoms with Gasteiger partial charge in [-0.25, -0.2) is 9.78 Å². The Morgan fingerprint density at radius 3 is 1.66 bits per heavy atom. The van der Waals surface area contributed by atoms with Crippen LogP contribution in [0.4, 0.5) is 0 Å². The minimum absolute atomic E-state index is 0.0173. The molecule has 0 unspecified atom stereocenters. The lowest BCUT2D eigenvalue weighted by Crippen LogP contribution is -2.61. The van der Waals surface area contributed by atoms with E-state index < -0.39 is 102 Å². The molecule has 4 aromatic rings. The fraction of sp³-hybridized carbons (Fsp3) is 0.434. The molecule has 0 radical (unpaired) electrons. The van der Waals surface area contributed by atoms with Crippen molar-refractivity contribution in [3.63, 3.8) is 0 Å². The molecule has 1 fully saturated rings. The van der Waals surface area contributed by atoms with Gasteiger partial charge in [0.1, 0.15) is 42.3 Å². The van der Waals surface area contributed by atoms with Gasteiger partial charge in [0.25, 0.3) is 0 Å². The number of unbranched alkanes of at least 4 members (excludes halogenated alkanes) is 1. The van der Waals surface area contributed by atoms with Crippen molar-refractivity contribution >= 4 is 53.3 Å². The Balaban J connectivity index is 1.35. The number of nitrogens with two attached hydrogens (primary N) is 3. The van der Waals surface area contributed by atoms with Crippen molar-refractivity contribution in [1.82, 2.24) is 52.1 Å². The number of amides is 7. The van der Waals surface area contributed by atoms with Gasteiger partial charge in [-0.1, -0.05) is 91.0 Å². The molecule has 0 aliphatic carbocycles. The molecule has 1 aromatic heterocycles. The van der Waals surface area contributed by atoms with Crippen LogP contribution in [0.3, 0.4) is 0 Å². The number of aliphatic carboxylic acids is 1. The first-order valence-corrected chi connectivity index (χ1v) is 25.7. The fourth-order valence-electron chi connectivity index (χ4n) is 8.77. The number of rotatable bonds is 31. The van der Waals surface area contributed by atoms with Gasteiger partial charge in [0.05, 0.1) is 24.7 Å². The Morgan fingerprint density at radius 2 is 1.14 bits per heavy atom. The highest BCUT2D eigenvalue weighted by molar-refractivity contribution is 5.98. The van der Waals surface area contributed by atoms with Crippen LogP contribution in [0.5, 0.6) is 0 Å². The standard InChI is InChI=1S/C53H72N14O10/c54-23-11-10-20-38(46(70)66-43(31-68)49(73)62-39(52(76)77)21-12-24-59-53(56)57)61-50(74)44-22-13-25-67(44)51(75)42(28-35-18-8-3-9-19-35)65-48(72)41(27-34-16-6-2-7-17-34)64-47(71)40(26-33-14-4-1-5-15-33)63-45(69)37(55)29-36-30-58-32-60-36/h1-9,14-19,30,32,37-44,68H,10-13,20-29,31,54-55H2,(H,58,60)(H,61,74)(H,62,73)(H,63,69)(H,64,71)(H,65,72)(H,66,70)(H,76,77)(H4,56,57,59)/t37-,38-,39-,40-,41-,42-,43-,44-/m0/s1. The van der Waals surface area contributed by atoms with Gasteiger partial charge in [0.15, 0.2) is 5.96 Å². The van der Waals surface area contributed by atoms with Crippen LogP contribution >= 0.6 is 0 Å². The van der Waals surface area contributed by atoms with Gasteiger partial charge in [-0.2, -0.15) is 0 Å². The molecular formula is C53H72N14O10. The van der Waals surface area contributed by atoms with Crippen LogP contribution < -0.4 is 54.4 Å². The normalized spacial score (nSPS) is 15.7. The highest BCUT2D eigenvalue weighted by atomic mass is 16.4. The summed E-state index contributed by atoms with van der Waals surface area (Å²) in [5.41, 5.74) is 19.9. The van der Waals surface area contributed by atoms with E-state index in [9.17, 15) is 48.6 Å². The maximum atomic E-state index is 14.9. The molecule has 0 spiro atoms. The van der Waals surface area contributed by atoms with E-state index in [0.29, 0.717) is 36.1 Å². The minimum Gasteiger partial charge on any atom is -0.480 e. The summed E-state index contributed by atoms with van der Waals surface area (Å²) in [6.07, 6.45) is 4.75. The number of carboxylic acid groups (broad SMARTS) is 1. The number of nitrogens with zero attached hydrogens (tertiary/aromatic N) is 2. The maximum absolute atomic E-state index is 14.9. The number of aliphatic hydroxyl groups is 1. The molecule has 0 bridgehead atoms. The largest absolute Gasteiger partial charge is 0.480 e. The molecule has 8 atom stereocenters. The van der Waals surface area contributed by atoms with E-state index in [4.69, 9.17) is 22.6 Å². The van der Waals surface area contributed by atoms with E-state index in [2.05, 4.69) is 47.2 Å². The highest BCUT2D eigenvalue weighted by Gasteiger charge is 2.40. The number of aromatic nitrogens is 2. The molecule has 1 saturated heterocycles. The number of carbonyl (C=O) groups is 8. The molecule has 0 saturated carbocycles. The van der Waals surface area contributed by atoms with Crippen LogP contribution in [0.25, 0.3) is 0 Å². The van der Waals surface area contributed by atoms with E-state index in [1.807, 2.05) is 6.07 Å². The highest BCUT2D eigenvalue weighted by Crippen LogP contribution is 2.21. The lowest BCUT2D eigenvalue weighted by atomic mass is 10.0. The molecule has 2 heterocycles. The monoisotopic (exact) mass is 1060 g/mol. The summed E-state index contributed by atoms with van der Waals surface area (Å²) in [7, 11) is 0. The van der Waals surface area contributed by atoms with Gasteiger partial charge in [-0.3, -0.25) is 39.0 Å². The van der Waals surface area contributed by atoms with E-state index in [1.54, 1.807) is 91.1 Å². The van der Waals surface area contributed by atoms with Crippen molar-refractivity contribution in [3.8, 4) is 0 Å². The van der Waals surface area contributed by atoms with E-state index in [0.717, 1.165) is 5.56 Å². The van der Waals surface area contributed by atoms with E-state index in [-0.39, 0.29) is 77.0 Å². The van der Waals surface area contributed by atoms with Crippen molar-refractivity contribution in [3.05, 3.63) is 126 Å². The lowest BCUT2D eigenvalue weighted by molar-refractivity contribution is -0.143. The first-order chi connectivity index (χ1) is 37.1. The molecule has 1 aliphatic rings. The summed E-state index contributed by atoms with van der Waals surface area (Å²) in [5.74, 6) is -6.89. The number of hydrogen-bond acceptors (Lipinski definition) is 13. The minimum atomic E-state index is -1.61. The Morgan fingerprint density at radius 1 is 0.649 bits per heavy atom. The van der Waals surface area contributed by atoms with Crippen molar-refractivity contribution < 1.29 is 48.6 Å². The fourth-order valence-corrected chi connectivity index (χ4v) is 8.77. The number of imidazole rings is 1. The van der Waals surface area contributed by atoms with Gasteiger partial charge in [0, 0.05) is 45.0 Å². The van der Waals surface area contributed by atoms with Crippen molar-refractivity contribution in [1.29, 1.82) is 5.41 Å². The molecule has 5 rings (SSSR count).